The van der Waals surface area contributed by atoms with Crippen LogP contribution in [-0.4, -0.2) is 27.8 Å². The predicted octanol–water partition coefficient (Wildman–Crippen LogP) is 1.50. The molecule has 0 amide bonds. The number of hydrogen-bond donors (Lipinski definition) is 3. The number of aliphatic hydroxyl groups excluding tert-OH is 2. The van der Waals surface area contributed by atoms with Gasteiger partial charge in [0, 0.05) is 11.8 Å². The van der Waals surface area contributed by atoms with Gasteiger partial charge in [0.05, 0.1) is 11.7 Å². The number of aliphatic hydroxyl groups is 2. The molecule has 1 rings (SSSR count). The van der Waals surface area contributed by atoms with Crippen molar-refractivity contribution in [3.8, 4) is 0 Å². The third-order valence-corrected chi connectivity index (χ3v) is 2.64. The maximum Gasteiger partial charge on any atom is 0.419 e. The highest BCUT2D eigenvalue weighted by Gasteiger charge is 2.35. The van der Waals surface area contributed by atoms with E-state index in [1.807, 2.05) is 0 Å². The van der Waals surface area contributed by atoms with E-state index in [-0.39, 0.29) is 18.5 Å². The van der Waals surface area contributed by atoms with Crippen LogP contribution in [0.15, 0.2) is 12.3 Å². The predicted molar refractivity (Wildman–Crippen MR) is 58.9 cm³/mol. The first-order valence-corrected chi connectivity index (χ1v) is 5.44. The molecule has 0 saturated heterocycles. The van der Waals surface area contributed by atoms with Crippen molar-refractivity contribution in [3.63, 3.8) is 0 Å². The second kappa shape index (κ2) is 5.83. The average molecular weight is 285 g/mol. The van der Waals surface area contributed by atoms with E-state index in [9.17, 15) is 23.4 Å². The minimum Gasteiger partial charge on any atom is -0.390 e. The highest BCUT2D eigenvalue weighted by molar-refractivity contribution is 6.30. The monoisotopic (exact) mass is 284 g/mol. The van der Waals surface area contributed by atoms with Crippen LogP contribution in [0.25, 0.3) is 0 Å². The van der Waals surface area contributed by atoms with Crippen molar-refractivity contribution in [1.29, 1.82) is 0 Å². The summed E-state index contributed by atoms with van der Waals surface area (Å²) in [7, 11) is 0. The Kier molecular flexibility index (Phi) is 4.92. The van der Waals surface area contributed by atoms with Crippen LogP contribution in [0.5, 0.6) is 0 Å². The van der Waals surface area contributed by atoms with Gasteiger partial charge in [-0.3, -0.25) is 0 Å². The maximum atomic E-state index is 12.6. The van der Waals surface area contributed by atoms with Gasteiger partial charge in [0.15, 0.2) is 0 Å². The second-order valence-corrected chi connectivity index (χ2v) is 4.05. The van der Waals surface area contributed by atoms with E-state index in [1.54, 1.807) is 0 Å². The zero-order chi connectivity index (χ0) is 13.9. The van der Waals surface area contributed by atoms with Crippen LogP contribution in [-0.2, 0) is 6.18 Å². The minimum atomic E-state index is -4.67. The lowest BCUT2D eigenvalue weighted by Crippen LogP contribution is -2.22. The highest BCUT2D eigenvalue weighted by Crippen LogP contribution is 2.35. The Morgan fingerprint density at radius 3 is 2.50 bits per heavy atom. The Balaban J connectivity index is 3.05. The lowest BCUT2D eigenvalue weighted by atomic mass is 10.0. The molecule has 2 atom stereocenters. The molecule has 0 aromatic carbocycles. The van der Waals surface area contributed by atoms with Gasteiger partial charge >= 0.3 is 6.18 Å². The van der Waals surface area contributed by atoms with E-state index < -0.39 is 29.1 Å². The fourth-order valence-electron chi connectivity index (χ4n) is 1.38. The second-order valence-electron chi connectivity index (χ2n) is 3.69. The molecule has 2 unspecified atom stereocenters. The van der Waals surface area contributed by atoms with E-state index in [2.05, 4.69) is 4.98 Å². The normalized spacial score (nSPS) is 15.5. The standard InChI is InChI=1S/C10H12ClF3N2O2/c11-9-6(10(12,13)14)3-5(4-16-9)8(18)7(17)1-2-15/h3-4,7-8,17-18H,1-2,15H2. The summed E-state index contributed by atoms with van der Waals surface area (Å²) in [5.74, 6) is 0. The molecule has 1 heterocycles. The first-order chi connectivity index (χ1) is 8.27. The van der Waals surface area contributed by atoms with Gasteiger partial charge in [-0.15, -0.1) is 0 Å². The van der Waals surface area contributed by atoms with Crippen LogP contribution in [0.1, 0.15) is 23.7 Å². The van der Waals surface area contributed by atoms with Crippen molar-refractivity contribution in [2.75, 3.05) is 6.54 Å². The van der Waals surface area contributed by atoms with E-state index in [0.717, 1.165) is 6.20 Å². The van der Waals surface area contributed by atoms with Crippen LogP contribution in [0.3, 0.4) is 0 Å². The molecule has 0 radical (unpaired) electrons. The summed E-state index contributed by atoms with van der Waals surface area (Å²) in [6, 6.07) is 0.666. The highest BCUT2D eigenvalue weighted by atomic mass is 35.5. The maximum absolute atomic E-state index is 12.6. The largest absolute Gasteiger partial charge is 0.419 e. The van der Waals surface area contributed by atoms with Crippen molar-refractivity contribution in [2.45, 2.75) is 24.8 Å². The van der Waals surface area contributed by atoms with Gasteiger partial charge in [0.1, 0.15) is 11.3 Å². The van der Waals surface area contributed by atoms with Crippen molar-refractivity contribution in [2.24, 2.45) is 5.73 Å². The summed E-state index contributed by atoms with van der Waals surface area (Å²) in [6.45, 7) is 0.103. The summed E-state index contributed by atoms with van der Waals surface area (Å²) >= 11 is 5.33. The number of hydrogen-bond acceptors (Lipinski definition) is 4. The number of alkyl halides is 3. The Morgan fingerprint density at radius 1 is 1.39 bits per heavy atom. The van der Waals surface area contributed by atoms with Crippen LogP contribution >= 0.6 is 11.6 Å². The Bertz CT molecular complexity index is 415. The summed E-state index contributed by atoms with van der Waals surface area (Å²) in [4.78, 5) is 3.35. The average Bonchev–Trinajstić information content (AvgIpc) is 2.27. The molecule has 0 fully saturated rings. The number of rotatable bonds is 4. The third kappa shape index (κ3) is 3.55. The van der Waals surface area contributed by atoms with Crippen LogP contribution in [0, 0.1) is 0 Å². The first kappa shape index (κ1) is 15.2. The topological polar surface area (TPSA) is 79.4 Å². The number of pyridine rings is 1. The molecular formula is C10H12ClF3N2O2. The molecule has 0 aliphatic rings. The molecule has 8 heteroatoms. The Hall–Kier alpha value is -0.890. The summed E-state index contributed by atoms with van der Waals surface area (Å²) in [5.41, 5.74) is 3.87. The molecule has 0 aliphatic carbocycles. The number of nitrogens with two attached hydrogens (primary N) is 1. The zero-order valence-electron chi connectivity index (χ0n) is 9.15. The van der Waals surface area contributed by atoms with Crippen molar-refractivity contribution < 1.29 is 23.4 Å². The van der Waals surface area contributed by atoms with Gasteiger partial charge in [-0.25, -0.2) is 4.98 Å². The molecule has 102 valence electrons. The van der Waals surface area contributed by atoms with Gasteiger partial charge in [0.2, 0.25) is 0 Å². The fourth-order valence-corrected chi connectivity index (χ4v) is 1.59. The van der Waals surface area contributed by atoms with Gasteiger partial charge in [-0.05, 0) is 19.0 Å². The minimum absolute atomic E-state index is 0.0607. The van der Waals surface area contributed by atoms with Gasteiger partial charge in [-0.1, -0.05) is 11.6 Å². The number of nitrogens with zero attached hydrogens (tertiary/aromatic N) is 1. The molecule has 0 bridgehead atoms. The SMILES string of the molecule is NCCC(O)C(O)c1cnc(Cl)c(C(F)(F)F)c1. The smallest absolute Gasteiger partial charge is 0.390 e. The van der Waals surface area contributed by atoms with Crippen molar-refractivity contribution in [3.05, 3.63) is 28.5 Å². The molecule has 1 aromatic rings. The molecule has 4 N–H and O–H groups in total. The van der Waals surface area contributed by atoms with E-state index in [1.165, 1.54) is 0 Å². The van der Waals surface area contributed by atoms with E-state index in [4.69, 9.17) is 17.3 Å². The zero-order valence-corrected chi connectivity index (χ0v) is 9.91. The number of aromatic nitrogens is 1. The molecule has 0 aliphatic heterocycles. The third-order valence-electron chi connectivity index (χ3n) is 2.33. The summed E-state index contributed by atoms with van der Waals surface area (Å²) in [5, 5.41) is 18.4. The van der Waals surface area contributed by atoms with Crippen molar-refractivity contribution in [1.82, 2.24) is 4.98 Å². The number of halogens is 4. The van der Waals surface area contributed by atoms with Crippen molar-refractivity contribution >= 4 is 11.6 Å². The molecule has 0 spiro atoms. The molecular weight excluding hydrogens is 273 g/mol. The molecule has 0 saturated carbocycles. The quantitative estimate of drug-likeness (QED) is 0.732. The molecule has 18 heavy (non-hydrogen) atoms. The molecule has 4 nitrogen and oxygen atoms in total. The lowest BCUT2D eigenvalue weighted by Gasteiger charge is -2.18. The summed E-state index contributed by atoms with van der Waals surface area (Å²) in [6.07, 6.45) is -6.36. The fraction of sp³-hybridized carbons (Fsp3) is 0.500. The van der Waals surface area contributed by atoms with Gasteiger partial charge in [-0.2, -0.15) is 13.2 Å². The molecule has 1 aromatic heterocycles. The van der Waals surface area contributed by atoms with Gasteiger partial charge in [0.25, 0.3) is 0 Å². The first-order valence-electron chi connectivity index (χ1n) is 5.06. The van der Waals surface area contributed by atoms with E-state index >= 15 is 0 Å². The lowest BCUT2D eigenvalue weighted by molar-refractivity contribution is -0.137. The summed E-state index contributed by atoms with van der Waals surface area (Å²) < 4.78 is 37.7. The Morgan fingerprint density at radius 2 is 2.00 bits per heavy atom. The van der Waals surface area contributed by atoms with E-state index in [0.29, 0.717) is 6.07 Å². The van der Waals surface area contributed by atoms with Crippen LogP contribution < -0.4 is 5.73 Å². The van der Waals surface area contributed by atoms with Gasteiger partial charge < -0.3 is 15.9 Å². The Labute approximate surface area is 106 Å². The van der Waals surface area contributed by atoms with Crippen LogP contribution in [0.2, 0.25) is 5.15 Å². The van der Waals surface area contributed by atoms with Crippen LogP contribution in [0.4, 0.5) is 13.2 Å².